The molecule has 0 heterocycles. The van der Waals surface area contributed by atoms with Crippen molar-refractivity contribution in [2.75, 3.05) is 0 Å². The van der Waals surface area contributed by atoms with Crippen LogP contribution in [-0.4, -0.2) is 12.5 Å². The zero-order valence-electron chi connectivity index (χ0n) is 8.18. The van der Waals surface area contributed by atoms with Crippen LogP contribution in [0.5, 0.6) is 0 Å². The van der Waals surface area contributed by atoms with Crippen molar-refractivity contribution >= 4 is 0 Å². The highest BCUT2D eigenvalue weighted by molar-refractivity contribution is 4.75. The van der Waals surface area contributed by atoms with Gasteiger partial charge < -0.3 is 5.73 Å². The summed E-state index contributed by atoms with van der Waals surface area (Å²) in [4.78, 5) is 0. The van der Waals surface area contributed by atoms with Crippen LogP contribution >= 0.6 is 0 Å². The molecule has 0 spiro atoms. The Hall–Kier alpha value is -0.180. The Bertz CT molecular complexity index is 142. The van der Waals surface area contributed by atoms with E-state index in [0.717, 1.165) is 25.7 Å². The van der Waals surface area contributed by atoms with E-state index in [1.165, 1.54) is 0 Å². The molecule has 0 aliphatic heterocycles. The number of rotatable bonds is 3. The second-order valence-electron chi connectivity index (χ2n) is 4.33. The third-order valence-corrected chi connectivity index (χ3v) is 3.03. The van der Waals surface area contributed by atoms with Crippen molar-refractivity contribution in [3.05, 3.63) is 0 Å². The molecule has 1 saturated carbocycles. The molecule has 1 nitrogen and oxygen atoms in total. The molecule has 0 radical (unpaired) electrons. The summed E-state index contributed by atoms with van der Waals surface area (Å²) in [6.07, 6.45) is 2.62. The van der Waals surface area contributed by atoms with Gasteiger partial charge in [0.25, 0.3) is 0 Å². The van der Waals surface area contributed by atoms with Gasteiger partial charge in [0.1, 0.15) is 0 Å². The van der Waals surface area contributed by atoms with Crippen LogP contribution in [0.15, 0.2) is 0 Å². The van der Waals surface area contributed by atoms with Crippen LogP contribution in [0.1, 0.15) is 39.0 Å². The minimum absolute atomic E-state index is 0.318. The molecular formula is C10H19F2N. The van der Waals surface area contributed by atoms with Crippen LogP contribution in [0.3, 0.4) is 0 Å². The number of halogens is 2. The van der Waals surface area contributed by atoms with E-state index in [0.29, 0.717) is 18.4 Å². The highest BCUT2D eigenvalue weighted by Gasteiger charge is 2.23. The van der Waals surface area contributed by atoms with Gasteiger partial charge in [0.2, 0.25) is 6.43 Å². The maximum Gasteiger partial charge on any atom is 0.241 e. The molecule has 0 saturated heterocycles. The summed E-state index contributed by atoms with van der Waals surface area (Å²) in [5.41, 5.74) is 5.74. The topological polar surface area (TPSA) is 26.0 Å². The molecule has 3 heteroatoms. The monoisotopic (exact) mass is 191 g/mol. The lowest BCUT2D eigenvalue weighted by atomic mass is 9.81. The number of nitrogens with two attached hydrogens (primary N) is 1. The van der Waals surface area contributed by atoms with Gasteiger partial charge in [-0.15, -0.1) is 0 Å². The summed E-state index contributed by atoms with van der Waals surface area (Å²) in [5, 5.41) is 0. The molecule has 0 bridgehead atoms. The van der Waals surface area contributed by atoms with Crippen LogP contribution < -0.4 is 5.73 Å². The first kappa shape index (κ1) is 10.9. The Balaban J connectivity index is 2.22. The minimum Gasteiger partial charge on any atom is -0.328 e. The molecule has 1 aliphatic carbocycles. The number of hydrogen-bond donors (Lipinski definition) is 1. The summed E-state index contributed by atoms with van der Waals surface area (Å²) >= 11 is 0. The SMILES string of the molecule is CC(CC1CCC(N)CC1)C(F)F. The fourth-order valence-corrected chi connectivity index (χ4v) is 2.05. The Morgan fingerprint density at radius 2 is 1.77 bits per heavy atom. The molecule has 78 valence electrons. The van der Waals surface area contributed by atoms with Crippen LogP contribution in [0.2, 0.25) is 0 Å². The third-order valence-electron chi connectivity index (χ3n) is 3.03. The van der Waals surface area contributed by atoms with Gasteiger partial charge in [-0.3, -0.25) is 0 Å². The van der Waals surface area contributed by atoms with E-state index >= 15 is 0 Å². The summed E-state index contributed by atoms with van der Waals surface area (Å²) < 4.78 is 24.5. The Morgan fingerprint density at radius 1 is 1.23 bits per heavy atom. The van der Waals surface area contributed by atoms with Gasteiger partial charge in [-0.05, 0) is 38.0 Å². The van der Waals surface area contributed by atoms with E-state index in [-0.39, 0.29) is 0 Å². The molecule has 1 rings (SSSR count). The first-order valence-corrected chi connectivity index (χ1v) is 5.13. The predicted octanol–water partition coefficient (Wildman–Crippen LogP) is 2.80. The predicted molar refractivity (Wildman–Crippen MR) is 49.7 cm³/mol. The fraction of sp³-hybridized carbons (Fsp3) is 1.00. The largest absolute Gasteiger partial charge is 0.328 e. The standard InChI is InChI=1S/C10H19F2N/c1-7(10(11)12)6-8-2-4-9(13)5-3-8/h7-10H,2-6,13H2,1H3. The van der Waals surface area contributed by atoms with Crippen molar-refractivity contribution in [1.82, 2.24) is 0 Å². The molecule has 1 atom stereocenters. The highest BCUT2D eigenvalue weighted by atomic mass is 19.3. The van der Waals surface area contributed by atoms with Gasteiger partial charge in [-0.25, -0.2) is 8.78 Å². The zero-order valence-corrected chi connectivity index (χ0v) is 8.18. The minimum atomic E-state index is -2.16. The molecular weight excluding hydrogens is 172 g/mol. The van der Waals surface area contributed by atoms with E-state index in [4.69, 9.17) is 5.73 Å². The summed E-state index contributed by atoms with van der Waals surface area (Å²) in [6, 6.07) is 0.318. The van der Waals surface area contributed by atoms with Gasteiger partial charge in [0.05, 0.1) is 0 Å². The molecule has 1 unspecified atom stereocenters. The van der Waals surface area contributed by atoms with Gasteiger partial charge in [-0.2, -0.15) is 0 Å². The van der Waals surface area contributed by atoms with Crippen molar-refractivity contribution in [2.45, 2.75) is 51.5 Å². The molecule has 0 amide bonds. The van der Waals surface area contributed by atoms with E-state index in [1.54, 1.807) is 6.92 Å². The normalized spacial score (nSPS) is 32.1. The van der Waals surface area contributed by atoms with Crippen LogP contribution in [0.25, 0.3) is 0 Å². The zero-order chi connectivity index (χ0) is 9.84. The first-order chi connectivity index (χ1) is 6.09. The molecule has 0 aromatic rings. The Labute approximate surface area is 78.7 Å². The van der Waals surface area contributed by atoms with Gasteiger partial charge in [0, 0.05) is 12.0 Å². The molecule has 0 aromatic heterocycles. The van der Waals surface area contributed by atoms with Crippen molar-refractivity contribution in [3.8, 4) is 0 Å². The molecule has 2 N–H and O–H groups in total. The lowest BCUT2D eigenvalue weighted by Gasteiger charge is -2.27. The van der Waals surface area contributed by atoms with Crippen LogP contribution in [0.4, 0.5) is 8.78 Å². The van der Waals surface area contributed by atoms with E-state index in [2.05, 4.69) is 0 Å². The Morgan fingerprint density at radius 3 is 2.23 bits per heavy atom. The van der Waals surface area contributed by atoms with Gasteiger partial charge in [-0.1, -0.05) is 6.92 Å². The summed E-state index contributed by atoms with van der Waals surface area (Å²) in [6.45, 7) is 1.64. The van der Waals surface area contributed by atoms with E-state index < -0.39 is 12.3 Å². The lowest BCUT2D eigenvalue weighted by Crippen LogP contribution is -2.27. The maximum atomic E-state index is 12.2. The van der Waals surface area contributed by atoms with Gasteiger partial charge in [0.15, 0.2) is 0 Å². The average molecular weight is 191 g/mol. The molecule has 0 aromatic carbocycles. The number of hydrogen-bond acceptors (Lipinski definition) is 1. The smallest absolute Gasteiger partial charge is 0.241 e. The number of alkyl halides is 2. The van der Waals surface area contributed by atoms with Crippen LogP contribution in [0, 0.1) is 11.8 Å². The third kappa shape index (κ3) is 3.59. The maximum absolute atomic E-state index is 12.2. The second kappa shape index (κ2) is 4.89. The lowest BCUT2D eigenvalue weighted by molar-refractivity contribution is 0.0676. The summed E-state index contributed by atoms with van der Waals surface area (Å²) in [5.74, 6) is 0.0446. The molecule has 1 fully saturated rings. The van der Waals surface area contributed by atoms with Crippen molar-refractivity contribution in [2.24, 2.45) is 17.6 Å². The van der Waals surface area contributed by atoms with E-state index in [1.807, 2.05) is 0 Å². The van der Waals surface area contributed by atoms with Gasteiger partial charge >= 0.3 is 0 Å². The fourth-order valence-electron chi connectivity index (χ4n) is 2.05. The van der Waals surface area contributed by atoms with Crippen molar-refractivity contribution < 1.29 is 8.78 Å². The van der Waals surface area contributed by atoms with Crippen LogP contribution in [-0.2, 0) is 0 Å². The highest BCUT2D eigenvalue weighted by Crippen LogP contribution is 2.30. The van der Waals surface area contributed by atoms with Crippen molar-refractivity contribution in [3.63, 3.8) is 0 Å². The van der Waals surface area contributed by atoms with Crippen molar-refractivity contribution in [1.29, 1.82) is 0 Å². The average Bonchev–Trinajstić information content (AvgIpc) is 2.08. The quantitative estimate of drug-likeness (QED) is 0.729. The molecule has 13 heavy (non-hydrogen) atoms. The first-order valence-electron chi connectivity index (χ1n) is 5.13. The Kier molecular flexibility index (Phi) is 4.10. The molecule has 1 aliphatic rings. The summed E-state index contributed by atoms with van der Waals surface area (Å²) in [7, 11) is 0. The second-order valence-corrected chi connectivity index (χ2v) is 4.33. The van der Waals surface area contributed by atoms with E-state index in [9.17, 15) is 8.78 Å².